The SMILES string of the molecule is C=CCc1cc(C(=C)NC(=O)OC)ccc1OCC(O)CNC(C)C. The Morgan fingerprint density at radius 3 is 2.72 bits per heavy atom. The van der Waals surface area contributed by atoms with Gasteiger partial charge in [-0.25, -0.2) is 4.79 Å². The van der Waals surface area contributed by atoms with Crippen molar-refractivity contribution in [1.82, 2.24) is 10.6 Å². The van der Waals surface area contributed by atoms with E-state index in [0.29, 0.717) is 30.5 Å². The van der Waals surface area contributed by atoms with Crippen LogP contribution in [0.25, 0.3) is 5.70 Å². The van der Waals surface area contributed by atoms with Crippen LogP contribution in [0, 0.1) is 0 Å². The molecule has 138 valence electrons. The molecule has 0 bridgehead atoms. The number of alkyl carbamates (subject to hydrolysis) is 1. The summed E-state index contributed by atoms with van der Waals surface area (Å²) in [6, 6.07) is 5.76. The Labute approximate surface area is 149 Å². The average Bonchev–Trinajstić information content (AvgIpc) is 2.58. The summed E-state index contributed by atoms with van der Waals surface area (Å²) in [7, 11) is 1.29. The van der Waals surface area contributed by atoms with Crippen LogP contribution in [0.3, 0.4) is 0 Å². The van der Waals surface area contributed by atoms with Crippen molar-refractivity contribution < 1.29 is 19.4 Å². The number of rotatable bonds is 10. The first-order valence-corrected chi connectivity index (χ1v) is 8.19. The minimum absolute atomic E-state index is 0.185. The summed E-state index contributed by atoms with van der Waals surface area (Å²) in [4.78, 5) is 11.3. The predicted octanol–water partition coefficient (Wildman–Crippen LogP) is 2.48. The molecule has 6 heteroatoms. The smallest absolute Gasteiger partial charge is 0.411 e. The number of aliphatic hydroxyl groups excluding tert-OH is 1. The first-order chi connectivity index (χ1) is 11.9. The highest BCUT2D eigenvalue weighted by Crippen LogP contribution is 2.24. The lowest BCUT2D eigenvalue weighted by Crippen LogP contribution is -2.35. The molecular formula is C19H28N2O4. The molecule has 1 aromatic carbocycles. The fourth-order valence-electron chi connectivity index (χ4n) is 2.09. The molecule has 25 heavy (non-hydrogen) atoms. The van der Waals surface area contributed by atoms with Gasteiger partial charge in [0.1, 0.15) is 18.5 Å². The fourth-order valence-corrected chi connectivity index (χ4v) is 2.09. The molecule has 1 amide bonds. The summed E-state index contributed by atoms with van der Waals surface area (Å²) in [6.45, 7) is 12.3. The molecule has 1 unspecified atom stereocenters. The number of carbonyl (C=O) groups is 1. The summed E-state index contributed by atoms with van der Waals surface area (Å²) < 4.78 is 10.3. The molecule has 6 nitrogen and oxygen atoms in total. The molecule has 3 N–H and O–H groups in total. The van der Waals surface area contributed by atoms with Crippen molar-refractivity contribution in [3.8, 4) is 5.75 Å². The number of hydrogen-bond acceptors (Lipinski definition) is 5. The van der Waals surface area contributed by atoms with E-state index in [2.05, 4.69) is 28.5 Å². The van der Waals surface area contributed by atoms with Crippen LogP contribution in [-0.2, 0) is 11.2 Å². The summed E-state index contributed by atoms with van der Waals surface area (Å²) in [6.07, 6.45) is 1.18. The minimum Gasteiger partial charge on any atom is -0.491 e. The van der Waals surface area contributed by atoms with Crippen molar-refractivity contribution in [2.24, 2.45) is 0 Å². The number of methoxy groups -OCH3 is 1. The van der Waals surface area contributed by atoms with Crippen LogP contribution in [-0.4, -0.2) is 43.6 Å². The van der Waals surface area contributed by atoms with E-state index in [1.54, 1.807) is 18.2 Å². The zero-order valence-electron chi connectivity index (χ0n) is 15.2. The van der Waals surface area contributed by atoms with Gasteiger partial charge in [-0.15, -0.1) is 6.58 Å². The van der Waals surface area contributed by atoms with E-state index in [4.69, 9.17) is 4.74 Å². The molecule has 1 rings (SSSR count). The highest BCUT2D eigenvalue weighted by molar-refractivity contribution is 5.81. The molecule has 0 aliphatic heterocycles. The molecule has 0 saturated heterocycles. The van der Waals surface area contributed by atoms with Gasteiger partial charge in [-0.2, -0.15) is 0 Å². The molecule has 0 aliphatic carbocycles. The molecule has 0 aliphatic rings. The monoisotopic (exact) mass is 348 g/mol. The second-order valence-corrected chi connectivity index (χ2v) is 5.94. The van der Waals surface area contributed by atoms with E-state index in [-0.39, 0.29) is 6.61 Å². The molecule has 0 fully saturated rings. The lowest BCUT2D eigenvalue weighted by atomic mass is 10.0. The Morgan fingerprint density at radius 2 is 2.12 bits per heavy atom. The number of amides is 1. The second kappa shape index (κ2) is 10.5. The molecule has 1 atom stereocenters. The van der Waals surface area contributed by atoms with E-state index in [1.165, 1.54) is 7.11 Å². The first kappa shape index (κ1) is 20.7. The zero-order valence-corrected chi connectivity index (χ0v) is 15.2. The van der Waals surface area contributed by atoms with Gasteiger partial charge in [-0.1, -0.05) is 26.5 Å². The minimum atomic E-state index is -0.602. The third kappa shape index (κ3) is 7.41. The third-order valence-electron chi connectivity index (χ3n) is 3.40. The lowest BCUT2D eigenvalue weighted by molar-refractivity contribution is 0.104. The number of hydrogen-bond donors (Lipinski definition) is 3. The van der Waals surface area contributed by atoms with E-state index in [9.17, 15) is 9.90 Å². The number of nitrogens with one attached hydrogen (secondary N) is 2. The van der Waals surface area contributed by atoms with Crippen LogP contribution in [0.4, 0.5) is 4.79 Å². The van der Waals surface area contributed by atoms with Gasteiger partial charge in [0.15, 0.2) is 0 Å². The van der Waals surface area contributed by atoms with Crippen LogP contribution in [0.5, 0.6) is 5.75 Å². The van der Waals surface area contributed by atoms with E-state index < -0.39 is 12.2 Å². The normalized spacial score (nSPS) is 11.7. The predicted molar refractivity (Wildman–Crippen MR) is 99.6 cm³/mol. The number of carbonyl (C=O) groups excluding carboxylic acids is 1. The van der Waals surface area contributed by atoms with E-state index >= 15 is 0 Å². The Bertz CT molecular complexity index is 599. The maximum atomic E-state index is 11.3. The molecule has 0 aromatic heterocycles. The number of ether oxygens (including phenoxy) is 2. The Hall–Kier alpha value is -2.31. The topological polar surface area (TPSA) is 79.8 Å². The molecule has 0 saturated carbocycles. The Morgan fingerprint density at radius 1 is 1.40 bits per heavy atom. The van der Waals surface area contributed by atoms with E-state index in [0.717, 1.165) is 11.1 Å². The van der Waals surface area contributed by atoms with Gasteiger partial charge < -0.3 is 19.9 Å². The quantitative estimate of drug-likeness (QED) is 0.566. The molecular weight excluding hydrogens is 320 g/mol. The Kier molecular flexibility index (Phi) is 8.74. The second-order valence-electron chi connectivity index (χ2n) is 5.94. The van der Waals surface area contributed by atoms with Gasteiger partial charge in [0.2, 0.25) is 0 Å². The summed E-state index contributed by atoms with van der Waals surface area (Å²) in [5.41, 5.74) is 2.07. The standard InChI is InChI=1S/C19H28N2O4/c1-6-7-16-10-15(14(4)21-19(23)24-5)8-9-18(16)25-12-17(22)11-20-13(2)3/h6,8-10,13,17,20,22H,1,4,7,11-12H2,2-3,5H3,(H,21,23). The van der Waals surface area contributed by atoms with Crippen molar-refractivity contribution >= 4 is 11.8 Å². The van der Waals surface area contributed by atoms with Crippen LogP contribution < -0.4 is 15.4 Å². The summed E-state index contributed by atoms with van der Waals surface area (Å²) >= 11 is 0. The maximum Gasteiger partial charge on any atom is 0.411 e. The zero-order chi connectivity index (χ0) is 18.8. The Balaban J connectivity index is 2.78. The number of aliphatic hydroxyl groups is 1. The van der Waals surface area contributed by atoms with Crippen LogP contribution in [0.2, 0.25) is 0 Å². The number of allylic oxidation sites excluding steroid dienone is 1. The van der Waals surface area contributed by atoms with Crippen molar-refractivity contribution in [1.29, 1.82) is 0 Å². The third-order valence-corrected chi connectivity index (χ3v) is 3.40. The van der Waals surface area contributed by atoms with Crippen molar-refractivity contribution in [3.63, 3.8) is 0 Å². The number of benzene rings is 1. The van der Waals surface area contributed by atoms with Crippen LogP contribution in [0.15, 0.2) is 37.4 Å². The fraction of sp³-hybridized carbons (Fsp3) is 0.421. The summed E-state index contributed by atoms with van der Waals surface area (Å²) in [5, 5.41) is 15.7. The van der Waals surface area contributed by atoms with Crippen molar-refractivity contribution in [2.45, 2.75) is 32.4 Å². The highest BCUT2D eigenvalue weighted by atomic mass is 16.5. The van der Waals surface area contributed by atoms with E-state index in [1.807, 2.05) is 19.9 Å². The van der Waals surface area contributed by atoms with Gasteiger partial charge in [-0.3, -0.25) is 5.32 Å². The average molecular weight is 348 g/mol. The van der Waals surface area contributed by atoms with Crippen molar-refractivity contribution in [2.75, 3.05) is 20.3 Å². The maximum absolute atomic E-state index is 11.3. The molecule has 0 spiro atoms. The van der Waals surface area contributed by atoms with Gasteiger partial charge in [0.05, 0.1) is 7.11 Å². The molecule has 0 radical (unpaired) electrons. The largest absolute Gasteiger partial charge is 0.491 e. The van der Waals surface area contributed by atoms with Gasteiger partial charge in [0, 0.05) is 18.3 Å². The van der Waals surface area contributed by atoms with Crippen LogP contribution in [0.1, 0.15) is 25.0 Å². The first-order valence-electron chi connectivity index (χ1n) is 8.19. The van der Waals surface area contributed by atoms with Gasteiger partial charge in [0.25, 0.3) is 0 Å². The molecule has 0 heterocycles. The highest BCUT2D eigenvalue weighted by Gasteiger charge is 2.11. The lowest BCUT2D eigenvalue weighted by Gasteiger charge is -2.17. The van der Waals surface area contributed by atoms with Gasteiger partial charge >= 0.3 is 6.09 Å². The van der Waals surface area contributed by atoms with Gasteiger partial charge in [-0.05, 0) is 35.7 Å². The summed E-state index contributed by atoms with van der Waals surface area (Å²) in [5.74, 6) is 0.665. The molecule has 1 aromatic rings. The van der Waals surface area contributed by atoms with Crippen molar-refractivity contribution in [3.05, 3.63) is 48.6 Å². The van der Waals surface area contributed by atoms with Crippen LogP contribution >= 0.6 is 0 Å².